The maximum Gasteiger partial charge on any atom is 0.271 e. The van der Waals surface area contributed by atoms with Gasteiger partial charge < -0.3 is 4.59 Å². The lowest BCUT2D eigenvalue weighted by Gasteiger charge is -2.07. The molecule has 0 spiro atoms. The predicted molar refractivity (Wildman–Crippen MR) is 57.4 cm³/mol. The SMILES string of the molecule is Bn1c(=O)c2ccccc2c(=O)n1C. The molecule has 0 saturated heterocycles. The number of hydrogen-bond acceptors (Lipinski definition) is 2. The van der Waals surface area contributed by atoms with Crippen LogP contribution in [0.25, 0.3) is 10.8 Å². The molecule has 70 valence electrons. The molecule has 0 aliphatic heterocycles. The van der Waals surface area contributed by atoms with Gasteiger partial charge in [0.1, 0.15) is 0 Å². The van der Waals surface area contributed by atoms with Crippen LogP contribution in [0.3, 0.4) is 0 Å². The Labute approximate surface area is 80.8 Å². The van der Waals surface area contributed by atoms with E-state index < -0.39 is 0 Å². The summed E-state index contributed by atoms with van der Waals surface area (Å²) < 4.78 is 2.62. The standard InChI is InChI=1S/C9H9BN2O2/c1-11-8(13)6-4-2-3-5-7(6)9(14)12(11)10/h2-5H,10H2,1H3. The summed E-state index contributed by atoms with van der Waals surface area (Å²) in [7, 11) is 3.16. The normalized spacial score (nSPS) is 10.6. The van der Waals surface area contributed by atoms with Crippen molar-refractivity contribution < 1.29 is 0 Å². The van der Waals surface area contributed by atoms with E-state index in [9.17, 15) is 9.59 Å². The summed E-state index contributed by atoms with van der Waals surface area (Å²) in [6.45, 7) is 0. The summed E-state index contributed by atoms with van der Waals surface area (Å²) >= 11 is 0. The third-order valence-electron chi connectivity index (χ3n) is 2.43. The first-order valence-corrected chi connectivity index (χ1v) is 4.28. The third-order valence-corrected chi connectivity index (χ3v) is 2.43. The van der Waals surface area contributed by atoms with E-state index in [4.69, 9.17) is 0 Å². The van der Waals surface area contributed by atoms with Crippen molar-refractivity contribution in [1.82, 2.24) is 9.27 Å². The largest absolute Gasteiger partial charge is 0.304 e. The van der Waals surface area contributed by atoms with Gasteiger partial charge >= 0.3 is 0 Å². The molecule has 1 heterocycles. The molecule has 0 saturated carbocycles. The van der Waals surface area contributed by atoms with Crippen molar-refractivity contribution in [3.8, 4) is 0 Å². The molecule has 1 aromatic heterocycles. The van der Waals surface area contributed by atoms with Crippen molar-refractivity contribution in [2.45, 2.75) is 0 Å². The highest BCUT2D eigenvalue weighted by Crippen LogP contribution is 2.02. The Balaban J connectivity index is 3.19. The summed E-state index contributed by atoms with van der Waals surface area (Å²) in [6.07, 6.45) is 0. The molecule has 0 aliphatic carbocycles. The second-order valence-electron chi connectivity index (χ2n) is 3.20. The summed E-state index contributed by atoms with van der Waals surface area (Å²) in [6, 6.07) is 6.84. The van der Waals surface area contributed by atoms with E-state index in [-0.39, 0.29) is 11.1 Å². The van der Waals surface area contributed by atoms with E-state index in [1.54, 1.807) is 39.3 Å². The molecule has 0 atom stereocenters. The molecular formula is C9H9BN2O2. The minimum Gasteiger partial charge on any atom is -0.304 e. The van der Waals surface area contributed by atoms with Gasteiger partial charge in [-0.15, -0.1) is 0 Å². The summed E-state index contributed by atoms with van der Waals surface area (Å²) in [5, 5.41) is 0.941. The number of fused-ring (bicyclic) bond motifs is 1. The van der Waals surface area contributed by atoms with Crippen molar-refractivity contribution in [3.05, 3.63) is 45.0 Å². The van der Waals surface area contributed by atoms with Crippen LogP contribution < -0.4 is 11.1 Å². The van der Waals surface area contributed by atoms with Gasteiger partial charge in [0.25, 0.3) is 19.1 Å². The molecular weight excluding hydrogens is 179 g/mol. The molecule has 0 N–H and O–H groups in total. The smallest absolute Gasteiger partial charge is 0.271 e. The monoisotopic (exact) mass is 188 g/mol. The van der Waals surface area contributed by atoms with Gasteiger partial charge in [-0.1, -0.05) is 12.1 Å². The highest BCUT2D eigenvalue weighted by atomic mass is 16.2. The van der Waals surface area contributed by atoms with Crippen molar-refractivity contribution in [1.29, 1.82) is 0 Å². The van der Waals surface area contributed by atoms with E-state index in [0.717, 1.165) is 0 Å². The van der Waals surface area contributed by atoms with Gasteiger partial charge in [-0.25, -0.2) is 0 Å². The number of aromatic nitrogens is 2. The van der Waals surface area contributed by atoms with Crippen molar-refractivity contribution in [3.63, 3.8) is 0 Å². The Bertz CT molecular complexity index is 558. The van der Waals surface area contributed by atoms with E-state index in [2.05, 4.69) is 0 Å². The maximum absolute atomic E-state index is 11.7. The van der Waals surface area contributed by atoms with Crippen LogP contribution in [-0.2, 0) is 7.05 Å². The van der Waals surface area contributed by atoms with Gasteiger partial charge in [-0.3, -0.25) is 14.3 Å². The van der Waals surface area contributed by atoms with Crippen LogP contribution in [-0.4, -0.2) is 17.3 Å². The van der Waals surface area contributed by atoms with E-state index >= 15 is 0 Å². The summed E-state index contributed by atoms with van der Waals surface area (Å²) in [5.41, 5.74) is -0.301. The molecule has 0 bridgehead atoms. The molecule has 14 heavy (non-hydrogen) atoms. The molecule has 0 radical (unpaired) electrons. The summed E-state index contributed by atoms with van der Waals surface area (Å²) in [4.78, 5) is 23.4. The van der Waals surface area contributed by atoms with Gasteiger partial charge in [0.2, 0.25) is 0 Å². The number of rotatable bonds is 0. The van der Waals surface area contributed by atoms with Crippen molar-refractivity contribution >= 4 is 18.8 Å². The van der Waals surface area contributed by atoms with Crippen LogP contribution in [0.5, 0.6) is 0 Å². The van der Waals surface area contributed by atoms with Crippen LogP contribution in [0.4, 0.5) is 0 Å². The van der Waals surface area contributed by atoms with Crippen molar-refractivity contribution in [2.75, 3.05) is 0 Å². The average molecular weight is 188 g/mol. The lowest BCUT2D eigenvalue weighted by atomic mass is 10.2. The fraction of sp³-hybridized carbons (Fsp3) is 0.111. The van der Waals surface area contributed by atoms with Crippen LogP contribution >= 0.6 is 0 Å². The molecule has 4 nitrogen and oxygen atoms in total. The first kappa shape index (κ1) is 8.81. The topological polar surface area (TPSA) is 44.0 Å². The van der Waals surface area contributed by atoms with Gasteiger partial charge in [0.05, 0.1) is 10.8 Å². The minimum absolute atomic E-state index is 0.150. The Morgan fingerprint density at radius 1 is 1.07 bits per heavy atom. The number of benzene rings is 1. The molecule has 2 aromatic rings. The predicted octanol–water partition coefficient (Wildman–Crippen LogP) is -0.904. The Morgan fingerprint density at radius 3 is 2.14 bits per heavy atom. The quantitative estimate of drug-likeness (QED) is 0.502. The van der Waals surface area contributed by atoms with Crippen LogP contribution in [0.2, 0.25) is 0 Å². The minimum atomic E-state index is -0.150. The molecule has 5 heteroatoms. The van der Waals surface area contributed by atoms with E-state index in [1.165, 1.54) is 9.27 Å². The Kier molecular flexibility index (Phi) is 1.80. The van der Waals surface area contributed by atoms with Gasteiger partial charge in [-0.05, 0) is 12.1 Å². The fourth-order valence-corrected chi connectivity index (χ4v) is 1.48. The molecule has 0 fully saturated rings. The lowest BCUT2D eigenvalue weighted by Crippen LogP contribution is -2.36. The Morgan fingerprint density at radius 2 is 1.57 bits per heavy atom. The van der Waals surface area contributed by atoms with E-state index in [1.807, 2.05) is 0 Å². The molecule has 1 aromatic carbocycles. The fourth-order valence-electron chi connectivity index (χ4n) is 1.48. The Hall–Kier alpha value is -1.78. The molecule has 0 aliphatic rings. The lowest BCUT2D eigenvalue weighted by molar-refractivity contribution is 0.654. The first-order chi connectivity index (χ1) is 6.63. The van der Waals surface area contributed by atoms with Gasteiger partial charge in [-0.2, -0.15) is 0 Å². The highest BCUT2D eigenvalue weighted by Gasteiger charge is 2.05. The van der Waals surface area contributed by atoms with Crippen LogP contribution in [0.1, 0.15) is 0 Å². The van der Waals surface area contributed by atoms with Crippen LogP contribution in [0.15, 0.2) is 33.9 Å². The first-order valence-electron chi connectivity index (χ1n) is 4.28. The molecule has 0 unspecified atom stereocenters. The zero-order valence-electron chi connectivity index (χ0n) is 8.02. The zero-order valence-corrected chi connectivity index (χ0v) is 8.02. The number of nitrogens with zero attached hydrogens (tertiary/aromatic N) is 2. The molecule has 2 rings (SSSR count). The zero-order chi connectivity index (χ0) is 10.3. The highest BCUT2D eigenvalue weighted by molar-refractivity contribution is 6.06. The summed E-state index contributed by atoms with van der Waals surface area (Å²) in [5.74, 6) is 0. The number of hydrogen-bond donors (Lipinski definition) is 0. The second-order valence-corrected chi connectivity index (χ2v) is 3.20. The van der Waals surface area contributed by atoms with Crippen LogP contribution in [0, 0.1) is 0 Å². The average Bonchev–Trinajstić information content (AvgIpc) is 2.23. The van der Waals surface area contributed by atoms with Crippen molar-refractivity contribution in [2.24, 2.45) is 7.05 Å². The van der Waals surface area contributed by atoms with Gasteiger partial charge in [0, 0.05) is 7.05 Å². The second kappa shape index (κ2) is 2.87. The maximum atomic E-state index is 11.7. The third kappa shape index (κ3) is 1.02. The molecule has 0 amide bonds. The van der Waals surface area contributed by atoms with Gasteiger partial charge in [0.15, 0.2) is 0 Å². The van der Waals surface area contributed by atoms with E-state index in [0.29, 0.717) is 10.8 Å².